The lowest BCUT2D eigenvalue weighted by Crippen LogP contribution is -2.55. The second kappa shape index (κ2) is 5.33. The number of hydrogen-bond acceptors (Lipinski definition) is 2. The third-order valence-corrected chi connectivity index (χ3v) is 4.26. The molecule has 0 N–H and O–H groups in total. The Balaban J connectivity index is 2.10. The Morgan fingerprint density at radius 1 is 1.50 bits per heavy atom. The number of carbonyl (C=O) groups excluding carboxylic acids is 1. The molecule has 0 aromatic rings. The molecule has 90 valence electrons. The topological polar surface area (TPSA) is 20.3 Å². The van der Waals surface area contributed by atoms with Crippen molar-refractivity contribution in [2.75, 3.05) is 6.54 Å². The van der Waals surface area contributed by atoms with Crippen molar-refractivity contribution >= 4 is 17.4 Å². The van der Waals surface area contributed by atoms with E-state index >= 15 is 0 Å². The van der Waals surface area contributed by atoms with E-state index in [-0.39, 0.29) is 5.92 Å². The van der Waals surface area contributed by atoms with Gasteiger partial charge in [0, 0.05) is 30.0 Å². The standard InChI is InChI=1S/C13H20ClNO/c1-10-12-6-2-3-8-15(12)11(5-4-7-14)9-13(10)16/h4,7,10-12H,2-3,5-6,8-9H2,1H3/b7-4-/t10-,11+,12-/m0/s1. The maximum absolute atomic E-state index is 11.9. The number of ketones is 1. The van der Waals surface area contributed by atoms with Gasteiger partial charge in [-0.2, -0.15) is 0 Å². The summed E-state index contributed by atoms with van der Waals surface area (Å²) in [4.78, 5) is 14.5. The summed E-state index contributed by atoms with van der Waals surface area (Å²) in [6.07, 6.45) is 7.34. The van der Waals surface area contributed by atoms with Crippen LogP contribution in [-0.4, -0.2) is 29.3 Å². The molecule has 0 saturated carbocycles. The average molecular weight is 242 g/mol. The molecule has 2 nitrogen and oxygen atoms in total. The number of halogens is 1. The Morgan fingerprint density at radius 3 is 3.06 bits per heavy atom. The molecule has 2 rings (SSSR count). The average Bonchev–Trinajstić information content (AvgIpc) is 2.32. The fourth-order valence-electron chi connectivity index (χ4n) is 3.15. The van der Waals surface area contributed by atoms with Gasteiger partial charge >= 0.3 is 0 Å². The van der Waals surface area contributed by atoms with Crippen molar-refractivity contribution in [3.05, 3.63) is 11.6 Å². The van der Waals surface area contributed by atoms with Gasteiger partial charge < -0.3 is 0 Å². The number of carbonyl (C=O) groups is 1. The molecule has 0 aromatic heterocycles. The van der Waals surface area contributed by atoms with Gasteiger partial charge in [-0.15, -0.1) is 0 Å². The van der Waals surface area contributed by atoms with Crippen LogP contribution in [0, 0.1) is 5.92 Å². The molecule has 0 bridgehead atoms. The van der Waals surface area contributed by atoms with Gasteiger partial charge in [0.2, 0.25) is 0 Å². The molecule has 2 aliphatic rings. The summed E-state index contributed by atoms with van der Waals surface area (Å²) >= 11 is 5.58. The monoisotopic (exact) mass is 241 g/mol. The van der Waals surface area contributed by atoms with Gasteiger partial charge in [0.25, 0.3) is 0 Å². The Hall–Kier alpha value is -0.340. The Kier molecular flexibility index (Phi) is 4.04. The first-order valence-electron chi connectivity index (χ1n) is 6.27. The van der Waals surface area contributed by atoms with E-state index in [1.165, 1.54) is 19.3 Å². The summed E-state index contributed by atoms with van der Waals surface area (Å²) < 4.78 is 0. The normalized spacial score (nSPS) is 36.6. The molecule has 0 aromatic carbocycles. The van der Waals surface area contributed by atoms with Crippen LogP contribution in [0.25, 0.3) is 0 Å². The molecule has 3 heteroatoms. The molecule has 3 atom stereocenters. The molecule has 2 heterocycles. The smallest absolute Gasteiger partial charge is 0.138 e. The lowest BCUT2D eigenvalue weighted by Gasteiger charge is -2.47. The van der Waals surface area contributed by atoms with Crippen LogP contribution in [0.1, 0.15) is 39.0 Å². The van der Waals surface area contributed by atoms with Crippen molar-refractivity contribution in [1.29, 1.82) is 0 Å². The predicted octanol–water partition coefficient (Wildman–Crippen LogP) is 2.96. The van der Waals surface area contributed by atoms with Crippen LogP contribution in [0.4, 0.5) is 0 Å². The van der Waals surface area contributed by atoms with E-state index in [4.69, 9.17) is 11.6 Å². The van der Waals surface area contributed by atoms with E-state index in [0.717, 1.165) is 13.0 Å². The van der Waals surface area contributed by atoms with Gasteiger partial charge in [-0.25, -0.2) is 0 Å². The van der Waals surface area contributed by atoms with Crippen molar-refractivity contribution in [2.45, 2.75) is 51.1 Å². The van der Waals surface area contributed by atoms with Crippen LogP contribution in [0.2, 0.25) is 0 Å². The van der Waals surface area contributed by atoms with Gasteiger partial charge in [0.1, 0.15) is 5.78 Å². The molecule has 0 aliphatic carbocycles. The third-order valence-electron chi connectivity index (χ3n) is 4.08. The first-order chi connectivity index (χ1) is 7.74. The zero-order valence-electron chi connectivity index (χ0n) is 9.86. The van der Waals surface area contributed by atoms with Gasteiger partial charge in [0.15, 0.2) is 0 Å². The molecule has 0 radical (unpaired) electrons. The largest absolute Gasteiger partial charge is 0.299 e. The van der Waals surface area contributed by atoms with Crippen molar-refractivity contribution in [1.82, 2.24) is 4.90 Å². The summed E-state index contributed by atoms with van der Waals surface area (Å²) in [6, 6.07) is 0.882. The maximum Gasteiger partial charge on any atom is 0.138 e. The van der Waals surface area contributed by atoms with Gasteiger partial charge in [-0.3, -0.25) is 9.69 Å². The lowest BCUT2D eigenvalue weighted by atomic mass is 9.80. The molecule has 2 fully saturated rings. The highest BCUT2D eigenvalue weighted by Crippen LogP contribution is 2.33. The molecule has 16 heavy (non-hydrogen) atoms. The van der Waals surface area contributed by atoms with Crippen molar-refractivity contribution in [2.24, 2.45) is 5.92 Å². The minimum absolute atomic E-state index is 0.233. The van der Waals surface area contributed by atoms with Crippen LogP contribution >= 0.6 is 11.6 Å². The molecular formula is C13H20ClNO. The maximum atomic E-state index is 11.9. The van der Waals surface area contributed by atoms with Crippen LogP contribution in [0.15, 0.2) is 11.6 Å². The molecule has 0 amide bonds. The molecule has 0 unspecified atom stereocenters. The van der Waals surface area contributed by atoms with E-state index in [2.05, 4.69) is 11.8 Å². The molecular weight excluding hydrogens is 222 g/mol. The number of hydrogen-bond donors (Lipinski definition) is 0. The third kappa shape index (κ3) is 2.33. The zero-order chi connectivity index (χ0) is 11.5. The Morgan fingerprint density at radius 2 is 2.31 bits per heavy atom. The molecule has 2 aliphatic heterocycles. The van der Waals surface area contributed by atoms with Gasteiger partial charge in [-0.05, 0) is 25.8 Å². The van der Waals surface area contributed by atoms with Crippen LogP contribution in [-0.2, 0) is 4.79 Å². The fraction of sp³-hybridized carbons (Fsp3) is 0.769. The van der Waals surface area contributed by atoms with E-state index in [9.17, 15) is 4.79 Å². The predicted molar refractivity (Wildman–Crippen MR) is 66.5 cm³/mol. The fourth-order valence-corrected chi connectivity index (χ4v) is 3.25. The van der Waals surface area contributed by atoms with Crippen molar-refractivity contribution in [3.8, 4) is 0 Å². The van der Waals surface area contributed by atoms with E-state index < -0.39 is 0 Å². The summed E-state index contributed by atoms with van der Waals surface area (Å²) in [7, 11) is 0. The summed E-state index contributed by atoms with van der Waals surface area (Å²) in [5, 5.41) is 0. The first kappa shape index (κ1) is 12.1. The number of piperidine rings is 2. The van der Waals surface area contributed by atoms with Gasteiger partial charge in [-0.1, -0.05) is 31.0 Å². The summed E-state index contributed by atoms with van der Waals surface area (Å²) in [5.41, 5.74) is 1.57. The quantitative estimate of drug-likeness (QED) is 0.741. The number of fused-ring (bicyclic) bond motifs is 1. The molecule has 2 saturated heterocycles. The van der Waals surface area contributed by atoms with E-state index in [1.807, 2.05) is 6.08 Å². The Bertz CT molecular complexity index is 290. The minimum Gasteiger partial charge on any atom is -0.299 e. The highest BCUT2D eigenvalue weighted by atomic mass is 35.5. The van der Waals surface area contributed by atoms with Crippen LogP contribution < -0.4 is 0 Å². The van der Waals surface area contributed by atoms with E-state index in [1.54, 1.807) is 5.54 Å². The highest BCUT2D eigenvalue weighted by molar-refractivity contribution is 6.25. The SMILES string of the molecule is C[C@@H]1C(=O)C[C@@H](C/C=C\Cl)N2CCCC[C@@H]12. The van der Waals surface area contributed by atoms with Gasteiger partial charge in [0.05, 0.1) is 0 Å². The molecule has 0 spiro atoms. The first-order valence-corrected chi connectivity index (χ1v) is 6.71. The summed E-state index contributed by atoms with van der Waals surface area (Å²) in [6.45, 7) is 3.25. The van der Waals surface area contributed by atoms with E-state index in [0.29, 0.717) is 24.3 Å². The second-order valence-corrected chi connectivity index (χ2v) is 5.26. The summed E-state index contributed by atoms with van der Waals surface area (Å²) in [5.74, 6) is 0.674. The zero-order valence-corrected chi connectivity index (χ0v) is 10.6. The minimum atomic E-state index is 0.233. The van der Waals surface area contributed by atoms with Crippen molar-refractivity contribution < 1.29 is 4.79 Å². The van der Waals surface area contributed by atoms with Crippen LogP contribution in [0.5, 0.6) is 0 Å². The highest BCUT2D eigenvalue weighted by Gasteiger charge is 2.40. The number of nitrogens with zero attached hydrogens (tertiary/aromatic N) is 1. The number of Topliss-reactive ketones (excluding diaryl/α,β-unsaturated/α-hetero) is 1. The lowest BCUT2D eigenvalue weighted by molar-refractivity contribution is -0.132. The van der Waals surface area contributed by atoms with Crippen LogP contribution in [0.3, 0.4) is 0 Å². The Labute approximate surface area is 103 Å². The number of rotatable bonds is 2. The second-order valence-electron chi connectivity index (χ2n) is 5.01. The van der Waals surface area contributed by atoms with Crippen molar-refractivity contribution in [3.63, 3.8) is 0 Å².